The van der Waals surface area contributed by atoms with E-state index in [0.29, 0.717) is 0 Å². The average Bonchev–Trinajstić information content (AvgIpc) is 2.73. The van der Waals surface area contributed by atoms with Gasteiger partial charge in [-0.25, -0.2) is 0 Å². The first kappa shape index (κ1) is 14.0. The molecule has 0 saturated carbocycles. The predicted octanol–water partition coefficient (Wildman–Crippen LogP) is 3.94. The zero-order valence-electron chi connectivity index (χ0n) is 13.3. The van der Waals surface area contributed by atoms with Gasteiger partial charge in [0.1, 0.15) is 0 Å². The molecule has 0 N–H and O–H groups in total. The second-order valence-electron chi connectivity index (χ2n) is 6.26. The van der Waals surface area contributed by atoms with Gasteiger partial charge in [-0.15, -0.1) is 0 Å². The molecule has 2 aromatic rings. The van der Waals surface area contributed by atoms with Gasteiger partial charge in [-0.2, -0.15) is 0 Å². The fraction of sp³-hybridized carbons (Fsp3) is 0.190. The zero-order chi connectivity index (χ0) is 15.8. The standard InChI is InChI=1S/C21H19NO/c1-22-14-17-12-11-16-9-5-6-10-18(16)19(17)13-20(21(22)23)15-7-3-2-4-8-15/h2-10,13H,11-12,14H2,1H3. The molecule has 2 nitrogen and oxygen atoms in total. The predicted molar refractivity (Wildman–Crippen MR) is 93.7 cm³/mol. The molecule has 4 rings (SSSR count). The molecule has 0 atom stereocenters. The van der Waals surface area contributed by atoms with Crippen LogP contribution in [0, 0.1) is 0 Å². The molecule has 2 aliphatic rings. The lowest BCUT2D eigenvalue weighted by Gasteiger charge is -2.23. The van der Waals surface area contributed by atoms with E-state index in [0.717, 1.165) is 30.5 Å². The largest absolute Gasteiger partial charge is 0.338 e. The van der Waals surface area contributed by atoms with Crippen molar-refractivity contribution in [1.82, 2.24) is 4.90 Å². The van der Waals surface area contributed by atoms with Crippen LogP contribution in [0.5, 0.6) is 0 Å². The Morgan fingerprint density at radius 1 is 0.913 bits per heavy atom. The minimum Gasteiger partial charge on any atom is -0.338 e. The van der Waals surface area contributed by atoms with E-state index in [2.05, 4.69) is 30.3 Å². The van der Waals surface area contributed by atoms with Crippen molar-refractivity contribution in [2.24, 2.45) is 0 Å². The molecule has 114 valence electrons. The van der Waals surface area contributed by atoms with Gasteiger partial charge in [0, 0.05) is 19.2 Å². The Morgan fingerprint density at radius 2 is 1.65 bits per heavy atom. The van der Waals surface area contributed by atoms with E-state index in [1.54, 1.807) is 0 Å². The van der Waals surface area contributed by atoms with Crippen LogP contribution in [0.3, 0.4) is 0 Å². The van der Waals surface area contributed by atoms with Crippen molar-refractivity contribution in [3.63, 3.8) is 0 Å². The summed E-state index contributed by atoms with van der Waals surface area (Å²) in [7, 11) is 1.90. The van der Waals surface area contributed by atoms with Crippen LogP contribution in [0.1, 0.15) is 23.1 Å². The molecule has 0 aromatic heterocycles. The normalized spacial score (nSPS) is 17.3. The maximum absolute atomic E-state index is 12.8. The first-order valence-corrected chi connectivity index (χ1v) is 8.07. The summed E-state index contributed by atoms with van der Waals surface area (Å²) in [6.07, 6.45) is 4.20. The lowest BCUT2D eigenvalue weighted by molar-refractivity contribution is -0.123. The number of carbonyl (C=O) groups is 1. The molecule has 2 heteroatoms. The van der Waals surface area contributed by atoms with Gasteiger partial charge in [0.15, 0.2) is 0 Å². The quantitative estimate of drug-likeness (QED) is 0.781. The van der Waals surface area contributed by atoms with Gasteiger partial charge in [-0.3, -0.25) is 4.79 Å². The Kier molecular flexibility index (Phi) is 3.38. The van der Waals surface area contributed by atoms with Crippen molar-refractivity contribution in [3.05, 3.63) is 82.9 Å². The second kappa shape index (κ2) is 5.54. The molecule has 0 saturated heterocycles. The number of carbonyl (C=O) groups excluding carboxylic acids is 1. The van der Waals surface area contributed by atoms with E-state index in [1.807, 2.05) is 42.3 Å². The molecule has 0 spiro atoms. The molecule has 1 heterocycles. The third kappa shape index (κ3) is 2.40. The van der Waals surface area contributed by atoms with Gasteiger partial charge in [-0.05, 0) is 46.8 Å². The van der Waals surface area contributed by atoms with Crippen LogP contribution in [0.4, 0.5) is 0 Å². The summed E-state index contributed by atoms with van der Waals surface area (Å²) in [6.45, 7) is 0.718. The monoisotopic (exact) mass is 301 g/mol. The molecule has 1 aliphatic carbocycles. The summed E-state index contributed by atoms with van der Waals surface area (Å²) in [5.41, 5.74) is 7.04. The first-order valence-electron chi connectivity index (χ1n) is 8.07. The first-order chi connectivity index (χ1) is 11.2. The maximum atomic E-state index is 12.8. The Balaban J connectivity index is 1.92. The van der Waals surface area contributed by atoms with Crippen LogP contribution in [-0.4, -0.2) is 24.4 Å². The van der Waals surface area contributed by atoms with Crippen molar-refractivity contribution in [2.75, 3.05) is 13.6 Å². The number of benzene rings is 2. The summed E-state index contributed by atoms with van der Waals surface area (Å²) >= 11 is 0. The zero-order valence-corrected chi connectivity index (χ0v) is 13.3. The highest BCUT2D eigenvalue weighted by molar-refractivity contribution is 6.22. The topological polar surface area (TPSA) is 20.3 Å². The Hall–Kier alpha value is -2.61. The molecule has 23 heavy (non-hydrogen) atoms. The highest BCUT2D eigenvalue weighted by Gasteiger charge is 2.26. The molecule has 0 radical (unpaired) electrons. The van der Waals surface area contributed by atoms with E-state index < -0.39 is 0 Å². The van der Waals surface area contributed by atoms with Gasteiger partial charge >= 0.3 is 0 Å². The number of allylic oxidation sites excluding steroid dienone is 2. The van der Waals surface area contributed by atoms with E-state index in [4.69, 9.17) is 0 Å². The Labute approximate surface area is 136 Å². The molecule has 1 aliphatic heterocycles. The number of aryl methyl sites for hydroxylation is 1. The smallest absolute Gasteiger partial charge is 0.254 e. The van der Waals surface area contributed by atoms with Crippen LogP contribution < -0.4 is 0 Å². The molecule has 0 fully saturated rings. The number of hydrogen-bond acceptors (Lipinski definition) is 1. The van der Waals surface area contributed by atoms with E-state index in [1.165, 1.54) is 22.3 Å². The van der Waals surface area contributed by atoms with Gasteiger partial charge in [0.2, 0.25) is 0 Å². The molecular weight excluding hydrogens is 282 g/mol. The summed E-state index contributed by atoms with van der Waals surface area (Å²) < 4.78 is 0. The number of amides is 1. The molecule has 0 unspecified atom stereocenters. The number of likely N-dealkylation sites (N-methyl/N-ethyl adjacent to an activating group) is 1. The van der Waals surface area contributed by atoms with E-state index in [9.17, 15) is 4.79 Å². The second-order valence-corrected chi connectivity index (χ2v) is 6.26. The fourth-order valence-corrected chi connectivity index (χ4v) is 3.55. The number of fused-ring (bicyclic) bond motifs is 2. The van der Waals surface area contributed by atoms with E-state index >= 15 is 0 Å². The van der Waals surface area contributed by atoms with Crippen LogP contribution >= 0.6 is 0 Å². The minimum atomic E-state index is 0.100. The third-order valence-electron chi connectivity index (χ3n) is 4.76. The fourth-order valence-electron chi connectivity index (χ4n) is 3.55. The van der Waals surface area contributed by atoms with Crippen LogP contribution in [0.25, 0.3) is 11.1 Å². The van der Waals surface area contributed by atoms with E-state index in [-0.39, 0.29) is 5.91 Å². The van der Waals surface area contributed by atoms with Crippen molar-refractivity contribution in [1.29, 1.82) is 0 Å². The molecule has 2 aromatic carbocycles. The highest BCUT2D eigenvalue weighted by atomic mass is 16.2. The summed E-state index contributed by atoms with van der Waals surface area (Å²) in [6, 6.07) is 18.5. The van der Waals surface area contributed by atoms with Gasteiger partial charge in [0.05, 0.1) is 0 Å². The number of nitrogens with zero attached hydrogens (tertiary/aromatic N) is 1. The third-order valence-corrected chi connectivity index (χ3v) is 4.76. The Bertz CT molecular complexity index is 830. The number of rotatable bonds is 1. The van der Waals surface area contributed by atoms with Crippen molar-refractivity contribution < 1.29 is 4.79 Å². The number of hydrogen-bond donors (Lipinski definition) is 0. The lowest BCUT2D eigenvalue weighted by Crippen LogP contribution is -2.28. The Morgan fingerprint density at radius 3 is 2.48 bits per heavy atom. The summed E-state index contributed by atoms with van der Waals surface area (Å²) in [5.74, 6) is 0.100. The van der Waals surface area contributed by atoms with Crippen molar-refractivity contribution in [2.45, 2.75) is 12.8 Å². The molecule has 1 amide bonds. The van der Waals surface area contributed by atoms with Gasteiger partial charge in [0.25, 0.3) is 5.91 Å². The summed E-state index contributed by atoms with van der Waals surface area (Å²) in [4.78, 5) is 14.7. The maximum Gasteiger partial charge on any atom is 0.254 e. The van der Waals surface area contributed by atoms with Crippen molar-refractivity contribution >= 4 is 17.1 Å². The van der Waals surface area contributed by atoms with Crippen LogP contribution in [0.2, 0.25) is 0 Å². The van der Waals surface area contributed by atoms with Crippen molar-refractivity contribution in [3.8, 4) is 0 Å². The summed E-state index contributed by atoms with van der Waals surface area (Å²) in [5, 5.41) is 0. The molecular formula is C21H19NO. The lowest BCUT2D eigenvalue weighted by atomic mass is 9.84. The van der Waals surface area contributed by atoms with Crippen LogP contribution in [-0.2, 0) is 11.2 Å². The van der Waals surface area contributed by atoms with Crippen LogP contribution in [0.15, 0.2) is 66.2 Å². The minimum absolute atomic E-state index is 0.100. The molecule has 0 bridgehead atoms. The van der Waals surface area contributed by atoms with Gasteiger partial charge in [-0.1, -0.05) is 54.6 Å². The van der Waals surface area contributed by atoms with Gasteiger partial charge < -0.3 is 4.90 Å². The highest BCUT2D eigenvalue weighted by Crippen LogP contribution is 2.36. The average molecular weight is 301 g/mol. The SMILES string of the molecule is CN1CC2=C(C=C(c3ccccc3)C1=O)c1ccccc1CC2.